The molecule has 0 aliphatic heterocycles. The Kier molecular flexibility index (Phi) is 12.1. The lowest BCUT2D eigenvalue weighted by Gasteiger charge is -2.11. The van der Waals surface area contributed by atoms with Crippen molar-refractivity contribution in [2.24, 2.45) is 0 Å². The highest BCUT2D eigenvalue weighted by molar-refractivity contribution is 7.79. The Labute approximate surface area is 481 Å². The molecule has 8 heterocycles. The highest BCUT2D eigenvalue weighted by Gasteiger charge is 2.21. The Bertz CT molecular complexity index is 5340. The number of hydrogen-bond donors (Lipinski definition) is 2. The molecule has 0 aliphatic carbocycles. The number of thiol groups is 1. The number of thiophene rings is 2. The molecule has 1 N–H and O–H groups in total. The highest BCUT2D eigenvalue weighted by Crippen LogP contribution is 2.42. The first-order valence-corrected chi connectivity index (χ1v) is 29.4. The van der Waals surface area contributed by atoms with E-state index in [1.54, 1.807) is 35.3 Å². The molecule has 0 fully saturated rings. The number of aromatic nitrogens is 8. The fourth-order valence-corrected chi connectivity index (χ4v) is 14.3. The van der Waals surface area contributed by atoms with Crippen LogP contribution in [-0.2, 0) is 0 Å². The van der Waals surface area contributed by atoms with Crippen molar-refractivity contribution in [3.05, 3.63) is 248 Å². The van der Waals surface area contributed by atoms with Crippen LogP contribution in [0.2, 0.25) is 5.15 Å². The number of H-pyrrole nitrogens is 1. The molecule has 0 saturated carbocycles. The molecule has 81 heavy (non-hydrogen) atoms. The van der Waals surface area contributed by atoms with Gasteiger partial charge in [0.15, 0.2) is 5.82 Å². The average Bonchev–Trinajstić information content (AvgIpc) is 4.51. The monoisotopic (exact) mass is 1120 g/mol. The van der Waals surface area contributed by atoms with Crippen LogP contribution in [0.3, 0.4) is 0 Å². The molecule has 18 rings (SSSR count). The summed E-state index contributed by atoms with van der Waals surface area (Å²) in [4.78, 5) is 21.4. The van der Waals surface area contributed by atoms with Gasteiger partial charge in [-0.05, 0) is 79.1 Å². The lowest BCUT2D eigenvalue weighted by Crippen LogP contribution is -1.99. The molecule has 0 atom stereocenters. The van der Waals surface area contributed by atoms with Crippen LogP contribution in [0.25, 0.3) is 145 Å². The van der Waals surface area contributed by atoms with Gasteiger partial charge in [-0.15, -0.1) is 22.7 Å². The Balaban J connectivity index is 0.000000115. The first-order valence-electron chi connectivity index (χ1n) is 26.5. The van der Waals surface area contributed by atoms with E-state index in [0.717, 1.165) is 48.4 Å². The van der Waals surface area contributed by atoms with Crippen molar-refractivity contribution in [3.63, 3.8) is 0 Å². The molecular formula is C69H45ClN8S3. The van der Waals surface area contributed by atoms with Gasteiger partial charge in [0.1, 0.15) is 17.8 Å². The summed E-state index contributed by atoms with van der Waals surface area (Å²) in [6.07, 6.45) is 4.90. The third kappa shape index (κ3) is 7.95. The molecule has 386 valence electrons. The third-order valence-electron chi connectivity index (χ3n) is 15.3. The molecule has 8 aromatic heterocycles. The molecule has 12 heteroatoms. The van der Waals surface area contributed by atoms with Crippen molar-refractivity contribution >= 4 is 175 Å². The van der Waals surface area contributed by atoms with Crippen LogP contribution in [0.4, 0.5) is 0 Å². The Morgan fingerprint density at radius 2 is 0.728 bits per heavy atom. The number of benzene rings is 10. The summed E-state index contributed by atoms with van der Waals surface area (Å²) < 4.78 is 11.5. The van der Waals surface area contributed by atoms with Crippen molar-refractivity contribution in [2.45, 2.75) is 0 Å². The molecule has 10 aromatic carbocycles. The predicted molar refractivity (Wildman–Crippen MR) is 349 cm³/mol. The summed E-state index contributed by atoms with van der Waals surface area (Å²) in [6.45, 7) is 0. The van der Waals surface area contributed by atoms with Crippen molar-refractivity contribution in [2.75, 3.05) is 6.26 Å². The van der Waals surface area contributed by atoms with E-state index in [1.165, 1.54) is 103 Å². The normalized spacial score (nSPS) is 11.6. The SMILES string of the molecule is CS.Clc1ncnc2c1sc1ccccc12.c1ccc2c(c1)[nH]c1cc(-n3c4ccccc4c4ccccc43)ccc12.c1ccc2c(c1)sc1c(-n3c4ccccc4c4ccc(-n5c6ccccc6c6ccccc65)cc43)ncnc12. The van der Waals surface area contributed by atoms with Crippen molar-refractivity contribution in [1.82, 2.24) is 38.6 Å². The van der Waals surface area contributed by atoms with Crippen LogP contribution < -0.4 is 0 Å². The van der Waals surface area contributed by atoms with E-state index >= 15 is 0 Å². The minimum absolute atomic E-state index is 0.538. The maximum atomic E-state index is 5.99. The average molecular weight is 1120 g/mol. The van der Waals surface area contributed by atoms with Crippen LogP contribution in [-0.4, -0.2) is 44.9 Å². The molecule has 0 unspecified atom stereocenters. The summed E-state index contributed by atoms with van der Waals surface area (Å²) in [6, 6.07) is 81.8. The van der Waals surface area contributed by atoms with Crippen LogP contribution in [0.1, 0.15) is 0 Å². The van der Waals surface area contributed by atoms with Crippen molar-refractivity contribution < 1.29 is 0 Å². The molecule has 0 spiro atoms. The Hall–Kier alpha value is -9.36. The molecule has 0 aliphatic rings. The summed E-state index contributed by atoms with van der Waals surface area (Å²) in [7, 11) is 0. The van der Waals surface area contributed by atoms with Gasteiger partial charge >= 0.3 is 0 Å². The van der Waals surface area contributed by atoms with Gasteiger partial charge < -0.3 is 14.1 Å². The largest absolute Gasteiger partial charge is 0.354 e. The van der Waals surface area contributed by atoms with Gasteiger partial charge in [-0.25, -0.2) is 19.9 Å². The zero-order valence-corrected chi connectivity index (χ0v) is 46.6. The fourth-order valence-electron chi connectivity index (χ4n) is 11.9. The number of fused-ring (bicyclic) bond motifs is 18. The Morgan fingerprint density at radius 3 is 1.27 bits per heavy atom. The van der Waals surface area contributed by atoms with E-state index in [-0.39, 0.29) is 0 Å². The number of aromatic amines is 1. The summed E-state index contributed by atoms with van der Waals surface area (Å²) in [5, 5.41) is 12.9. The smallest absolute Gasteiger partial charge is 0.159 e. The molecule has 8 nitrogen and oxygen atoms in total. The van der Waals surface area contributed by atoms with Crippen LogP contribution in [0.5, 0.6) is 0 Å². The van der Waals surface area contributed by atoms with Gasteiger partial charge in [0, 0.05) is 85.7 Å². The number of para-hydroxylation sites is 6. The predicted octanol–water partition coefficient (Wildman–Crippen LogP) is 19.5. The lowest BCUT2D eigenvalue weighted by molar-refractivity contribution is 1.07. The minimum atomic E-state index is 0.538. The van der Waals surface area contributed by atoms with Gasteiger partial charge in [0.05, 0.1) is 53.5 Å². The van der Waals surface area contributed by atoms with E-state index in [1.807, 2.05) is 12.1 Å². The molecule has 0 saturated heterocycles. The summed E-state index contributed by atoms with van der Waals surface area (Å²) >= 11 is 12.9. The number of nitrogens with zero attached hydrogens (tertiary/aromatic N) is 7. The zero-order chi connectivity index (χ0) is 54.1. The second kappa shape index (κ2) is 20.1. The lowest BCUT2D eigenvalue weighted by atomic mass is 10.1. The molecule has 18 aromatic rings. The first kappa shape index (κ1) is 48.7. The van der Waals surface area contributed by atoms with Crippen LogP contribution in [0.15, 0.2) is 243 Å². The number of hydrogen-bond acceptors (Lipinski definition) is 7. The van der Waals surface area contributed by atoms with Gasteiger partial charge in [0.2, 0.25) is 0 Å². The van der Waals surface area contributed by atoms with E-state index in [2.05, 4.69) is 260 Å². The van der Waals surface area contributed by atoms with Gasteiger partial charge in [-0.2, -0.15) is 12.6 Å². The third-order valence-corrected chi connectivity index (χ3v) is 18.0. The second-order valence-corrected chi connectivity index (χ2v) is 22.1. The van der Waals surface area contributed by atoms with E-state index in [0.29, 0.717) is 5.15 Å². The topological polar surface area (TPSA) is 82.1 Å². The summed E-state index contributed by atoms with van der Waals surface area (Å²) in [5.74, 6) is 0.923. The van der Waals surface area contributed by atoms with Gasteiger partial charge in [-0.1, -0.05) is 169 Å². The highest BCUT2D eigenvalue weighted by atomic mass is 35.5. The fraction of sp³-hybridized carbons (Fsp3) is 0.0145. The molecular weight excluding hydrogens is 1070 g/mol. The molecule has 0 radical (unpaired) electrons. The van der Waals surface area contributed by atoms with E-state index in [4.69, 9.17) is 21.6 Å². The first-order chi connectivity index (χ1) is 40.1. The molecule has 0 bridgehead atoms. The second-order valence-electron chi connectivity index (χ2n) is 19.6. The summed E-state index contributed by atoms with van der Waals surface area (Å²) in [5.41, 5.74) is 13.8. The standard InChI is InChI=1S/C34H20N4S.C24H16N2.C10H5ClN2S.CH4S/c1-5-13-27-22(9-1)23-10-2-6-14-28(23)37(27)21-17-18-25-24-11-3-7-15-29(24)38(30(25)19-21)34-33-32(35-20-36-34)26-12-4-8-16-31(26)39-33;1-4-10-21-17(7-1)18-14-13-16(15-22(18)25-21)26-23-11-5-2-8-19(23)20-9-3-6-12-24(20)26;11-10-9-8(12-5-13-10)6-3-1-2-4-7(6)14-9;1-2/h1-20H;1-15,25H;1-5H;2H,1H3. The van der Waals surface area contributed by atoms with Crippen molar-refractivity contribution in [3.8, 4) is 17.2 Å². The van der Waals surface area contributed by atoms with Gasteiger partial charge in [0.25, 0.3) is 0 Å². The zero-order valence-electron chi connectivity index (χ0n) is 43.4. The van der Waals surface area contributed by atoms with Crippen LogP contribution in [0, 0.1) is 0 Å². The maximum Gasteiger partial charge on any atom is 0.159 e. The van der Waals surface area contributed by atoms with Gasteiger partial charge in [-0.3, -0.25) is 4.57 Å². The molecule has 0 amide bonds. The number of rotatable bonds is 3. The number of nitrogens with one attached hydrogen (secondary N) is 1. The van der Waals surface area contributed by atoms with E-state index in [9.17, 15) is 0 Å². The van der Waals surface area contributed by atoms with E-state index < -0.39 is 0 Å². The minimum Gasteiger partial charge on any atom is -0.354 e. The van der Waals surface area contributed by atoms with Crippen LogP contribution >= 0.6 is 46.9 Å². The van der Waals surface area contributed by atoms with Crippen molar-refractivity contribution in [1.29, 1.82) is 0 Å². The number of halogens is 1. The maximum absolute atomic E-state index is 5.99. The Morgan fingerprint density at radius 1 is 0.346 bits per heavy atom. The quantitative estimate of drug-likeness (QED) is 0.136.